The molecule has 0 aliphatic heterocycles. The Kier molecular flexibility index (Phi) is 7.41. The normalized spacial score (nSPS) is 10.6. The first-order valence-electron chi connectivity index (χ1n) is 6.19. The number of benzene rings is 1. The summed E-state index contributed by atoms with van der Waals surface area (Å²) in [5.41, 5.74) is 2.42. The Morgan fingerprint density at radius 3 is 2.67 bits per heavy atom. The van der Waals surface area contributed by atoms with Crippen LogP contribution in [0.3, 0.4) is 0 Å². The van der Waals surface area contributed by atoms with Crippen molar-refractivity contribution in [1.82, 2.24) is 5.32 Å². The third-order valence-electron chi connectivity index (χ3n) is 2.61. The lowest BCUT2D eigenvalue weighted by atomic mass is 10.1. The zero-order chi connectivity index (χ0) is 13.2. The number of ether oxygens (including phenoxy) is 3. The molecule has 0 spiro atoms. The fraction of sp³-hybridized carbons (Fsp3) is 0.571. The van der Waals surface area contributed by atoms with Crippen LogP contribution in [-0.2, 0) is 16.0 Å². The molecular weight excluding hydrogens is 230 g/mol. The Bertz CT molecular complexity index is 342. The Labute approximate surface area is 109 Å². The highest BCUT2D eigenvalue weighted by atomic mass is 16.5. The summed E-state index contributed by atoms with van der Waals surface area (Å²) in [4.78, 5) is 0. The van der Waals surface area contributed by atoms with E-state index in [0.29, 0.717) is 19.8 Å². The molecular formula is C14H23NO3. The molecule has 0 saturated heterocycles. The average Bonchev–Trinajstić information content (AvgIpc) is 2.38. The van der Waals surface area contributed by atoms with E-state index in [-0.39, 0.29) is 0 Å². The quantitative estimate of drug-likeness (QED) is 0.681. The molecule has 0 aliphatic carbocycles. The van der Waals surface area contributed by atoms with Gasteiger partial charge in [-0.25, -0.2) is 0 Å². The maximum absolute atomic E-state index is 5.37. The summed E-state index contributed by atoms with van der Waals surface area (Å²) in [6, 6.07) is 6.19. The first-order chi connectivity index (χ1) is 8.77. The molecule has 0 fully saturated rings. The molecule has 4 nitrogen and oxygen atoms in total. The van der Waals surface area contributed by atoms with Crippen molar-refractivity contribution in [3.05, 3.63) is 29.3 Å². The number of nitrogens with one attached hydrogen (secondary N) is 1. The lowest BCUT2D eigenvalue weighted by Gasteiger charge is -2.10. The number of hydrogen-bond donors (Lipinski definition) is 1. The smallest absolute Gasteiger partial charge is 0.123 e. The number of methoxy groups -OCH3 is 2. The van der Waals surface area contributed by atoms with Gasteiger partial charge in [0, 0.05) is 25.8 Å². The fourth-order valence-electron chi connectivity index (χ4n) is 1.66. The highest BCUT2D eigenvalue weighted by Gasteiger charge is 2.02. The van der Waals surface area contributed by atoms with Crippen LogP contribution in [-0.4, -0.2) is 40.6 Å². The van der Waals surface area contributed by atoms with E-state index in [1.54, 1.807) is 14.2 Å². The molecule has 4 heteroatoms. The van der Waals surface area contributed by atoms with E-state index in [0.717, 1.165) is 18.8 Å². The van der Waals surface area contributed by atoms with Gasteiger partial charge in [0.15, 0.2) is 0 Å². The highest BCUT2D eigenvalue weighted by Crippen LogP contribution is 2.19. The lowest BCUT2D eigenvalue weighted by molar-refractivity contribution is 0.0719. The predicted octanol–water partition coefficient (Wildman–Crippen LogP) is 1.76. The molecule has 0 amide bonds. The monoisotopic (exact) mass is 253 g/mol. The topological polar surface area (TPSA) is 39.7 Å². The molecule has 0 unspecified atom stereocenters. The van der Waals surface area contributed by atoms with Gasteiger partial charge in [-0.3, -0.25) is 0 Å². The molecule has 0 atom stereocenters. The standard InChI is InChI=1S/C14H23NO3/c1-12-4-5-14(17-3)13(10-12)11-15-6-7-18-9-8-16-2/h4-5,10,15H,6-9,11H2,1-3H3. The summed E-state index contributed by atoms with van der Waals surface area (Å²) in [5.74, 6) is 0.924. The summed E-state index contributed by atoms with van der Waals surface area (Å²) in [6.45, 7) is 5.67. The van der Waals surface area contributed by atoms with Crippen molar-refractivity contribution < 1.29 is 14.2 Å². The molecule has 18 heavy (non-hydrogen) atoms. The third-order valence-corrected chi connectivity index (χ3v) is 2.61. The minimum Gasteiger partial charge on any atom is -0.496 e. The van der Waals surface area contributed by atoms with Crippen LogP contribution in [0.2, 0.25) is 0 Å². The summed E-state index contributed by atoms with van der Waals surface area (Å²) < 4.78 is 15.6. The van der Waals surface area contributed by atoms with Gasteiger partial charge in [0.05, 0.1) is 26.9 Å². The van der Waals surface area contributed by atoms with Gasteiger partial charge in [0.2, 0.25) is 0 Å². The van der Waals surface area contributed by atoms with Gasteiger partial charge in [-0.1, -0.05) is 17.7 Å². The first kappa shape index (κ1) is 15.0. The Balaban J connectivity index is 2.24. The van der Waals surface area contributed by atoms with Gasteiger partial charge < -0.3 is 19.5 Å². The van der Waals surface area contributed by atoms with E-state index in [4.69, 9.17) is 14.2 Å². The van der Waals surface area contributed by atoms with E-state index >= 15 is 0 Å². The van der Waals surface area contributed by atoms with Crippen LogP contribution in [0.25, 0.3) is 0 Å². The second-order valence-corrected chi connectivity index (χ2v) is 4.10. The first-order valence-corrected chi connectivity index (χ1v) is 6.19. The molecule has 1 N–H and O–H groups in total. The zero-order valence-corrected chi connectivity index (χ0v) is 11.5. The van der Waals surface area contributed by atoms with Crippen molar-refractivity contribution in [3.8, 4) is 5.75 Å². The predicted molar refractivity (Wildman–Crippen MR) is 72.1 cm³/mol. The van der Waals surface area contributed by atoms with Gasteiger partial charge in [-0.05, 0) is 13.0 Å². The minimum absolute atomic E-state index is 0.645. The molecule has 0 aromatic heterocycles. The van der Waals surface area contributed by atoms with Crippen LogP contribution >= 0.6 is 0 Å². The van der Waals surface area contributed by atoms with Gasteiger partial charge in [0.1, 0.15) is 5.75 Å². The average molecular weight is 253 g/mol. The van der Waals surface area contributed by atoms with Crippen molar-refractivity contribution in [2.24, 2.45) is 0 Å². The molecule has 1 rings (SSSR count). The Morgan fingerprint density at radius 1 is 1.11 bits per heavy atom. The largest absolute Gasteiger partial charge is 0.496 e. The van der Waals surface area contributed by atoms with Crippen LogP contribution in [0.5, 0.6) is 5.75 Å². The molecule has 0 aliphatic rings. The SMILES string of the molecule is COCCOCCNCc1cc(C)ccc1OC. The van der Waals surface area contributed by atoms with Crippen molar-refractivity contribution in [1.29, 1.82) is 0 Å². The third kappa shape index (κ3) is 5.49. The van der Waals surface area contributed by atoms with E-state index < -0.39 is 0 Å². The van der Waals surface area contributed by atoms with Gasteiger partial charge >= 0.3 is 0 Å². The Morgan fingerprint density at radius 2 is 1.94 bits per heavy atom. The van der Waals surface area contributed by atoms with Crippen molar-refractivity contribution in [2.45, 2.75) is 13.5 Å². The summed E-state index contributed by atoms with van der Waals surface area (Å²) >= 11 is 0. The number of hydrogen-bond acceptors (Lipinski definition) is 4. The molecule has 0 bridgehead atoms. The zero-order valence-electron chi connectivity index (χ0n) is 11.5. The van der Waals surface area contributed by atoms with Crippen molar-refractivity contribution >= 4 is 0 Å². The summed E-state index contributed by atoms with van der Waals surface area (Å²) in [6.07, 6.45) is 0. The van der Waals surface area contributed by atoms with Crippen LogP contribution in [0.15, 0.2) is 18.2 Å². The van der Waals surface area contributed by atoms with Crippen molar-refractivity contribution in [2.75, 3.05) is 40.6 Å². The van der Waals surface area contributed by atoms with Crippen molar-refractivity contribution in [3.63, 3.8) is 0 Å². The van der Waals surface area contributed by atoms with E-state index in [2.05, 4.69) is 24.4 Å². The second kappa shape index (κ2) is 8.91. The van der Waals surface area contributed by atoms with E-state index in [1.165, 1.54) is 11.1 Å². The lowest BCUT2D eigenvalue weighted by Crippen LogP contribution is -2.20. The molecule has 102 valence electrons. The molecule has 0 heterocycles. The Hall–Kier alpha value is -1.10. The fourth-order valence-corrected chi connectivity index (χ4v) is 1.66. The maximum Gasteiger partial charge on any atom is 0.123 e. The summed E-state index contributed by atoms with van der Waals surface area (Å²) in [7, 11) is 3.37. The van der Waals surface area contributed by atoms with Gasteiger partial charge in [-0.2, -0.15) is 0 Å². The van der Waals surface area contributed by atoms with Crippen LogP contribution in [0.1, 0.15) is 11.1 Å². The second-order valence-electron chi connectivity index (χ2n) is 4.10. The summed E-state index contributed by atoms with van der Waals surface area (Å²) in [5, 5.41) is 3.33. The van der Waals surface area contributed by atoms with Crippen LogP contribution in [0, 0.1) is 6.92 Å². The van der Waals surface area contributed by atoms with Gasteiger partial charge in [-0.15, -0.1) is 0 Å². The molecule has 1 aromatic carbocycles. The van der Waals surface area contributed by atoms with Gasteiger partial charge in [0.25, 0.3) is 0 Å². The van der Waals surface area contributed by atoms with E-state index in [9.17, 15) is 0 Å². The van der Waals surface area contributed by atoms with Crippen LogP contribution in [0.4, 0.5) is 0 Å². The molecule has 1 aromatic rings. The maximum atomic E-state index is 5.37. The highest BCUT2D eigenvalue weighted by molar-refractivity contribution is 5.36. The number of aryl methyl sites for hydroxylation is 1. The minimum atomic E-state index is 0.645. The molecule has 0 saturated carbocycles. The van der Waals surface area contributed by atoms with Crippen LogP contribution < -0.4 is 10.1 Å². The molecule has 0 radical (unpaired) electrons. The van der Waals surface area contributed by atoms with E-state index in [1.807, 2.05) is 6.07 Å². The number of rotatable bonds is 9.